The molecule has 16 aromatic rings. The molecule has 21 rings (SSSR count). The van der Waals surface area contributed by atoms with Gasteiger partial charge in [-0.3, -0.25) is 0 Å². The van der Waals surface area contributed by atoms with E-state index >= 15 is 0 Å². The van der Waals surface area contributed by atoms with E-state index in [1.807, 2.05) is 72.8 Å². The predicted molar refractivity (Wildman–Crippen MR) is 612 cm³/mol. The van der Waals surface area contributed by atoms with Crippen LogP contribution in [0.5, 0.6) is 46.0 Å². The van der Waals surface area contributed by atoms with Crippen molar-refractivity contribution in [3.8, 4) is 68.2 Å². The number of hydrogen-bond donors (Lipinski definition) is 3. The average molecular weight is 1980 g/mol. The van der Waals surface area contributed by atoms with Crippen molar-refractivity contribution in [2.45, 2.75) is 258 Å². The summed E-state index contributed by atoms with van der Waals surface area (Å²) in [6, 6.07) is 128. The molecule has 0 radical (unpaired) electrons. The first-order valence-corrected chi connectivity index (χ1v) is 54.8. The molecule has 9 atom stereocenters. The monoisotopic (exact) mass is 1980 g/mol. The van der Waals surface area contributed by atoms with Crippen molar-refractivity contribution in [1.29, 1.82) is 0 Å². The first kappa shape index (κ1) is 109. The molecule has 148 heavy (non-hydrogen) atoms. The molecule has 9 unspecified atom stereocenters. The van der Waals surface area contributed by atoms with E-state index in [0.29, 0.717) is 85.1 Å². The molecule has 0 aromatic heterocycles. The smallest absolute Gasteiger partial charge is 0.227 e. The van der Waals surface area contributed by atoms with Gasteiger partial charge >= 0.3 is 0 Å². The number of hydrogen-bond acceptors (Lipinski definition) is 11. The third-order valence-electron chi connectivity index (χ3n) is 31.0. The van der Waals surface area contributed by atoms with Crippen LogP contribution < -0.4 is 23.7 Å². The van der Waals surface area contributed by atoms with Crippen molar-refractivity contribution in [2.75, 3.05) is 26.4 Å². The molecule has 770 valence electrons. The van der Waals surface area contributed by atoms with Gasteiger partial charge in [0.25, 0.3) is 0 Å². The summed E-state index contributed by atoms with van der Waals surface area (Å²) in [5, 5.41) is 34.2. The summed E-state index contributed by atoms with van der Waals surface area (Å²) in [7, 11) is 0. The first-order chi connectivity index (χ1) is 72.2. The van der Waals surface area contributed by atoms with E-state index < -0.39 is 12.6 Å². The summed E-state index contributed by atoms with van der Waals surface area (Å²) < 4.78 is 51.9. The molecule has 16 aromatic carbocycles. The minimum atomic E-state index is -0.587. The highest BCUT2D eigenvalue weighted by Gasteiger charge is 2.53. The summed E-state index contributed by atoms with van der Waals surface area (Å²) in [4.78, 5) is 0. The van der Waals surface area contributed by atoms with Crippen LogP contribution in [0.1, 0.15) is 308 Å². The quantitative estimate of drug-likeness (QED) is 0.0256. The van der Waals surface area contributed by atoms with Crippen molar-refractivity contribution in [3.63, 3.8) is 0 Å². The van der Waals surface area contributed by atoms with E-state index in [2.05, 4.69) is 350 Å². The van der Waals surface area contributed by atoms with Crippen LogP contribution in [-0.2, 0) is 14.2 Å². The van der Waals surface area contributed by atoms with Crippen LogP contribution in [0.4, 0.5) is 0 Å². The van der Waals surface area contributed by atoms with E-state index in [-0.39, 0.29) is 11.9 Å². The predicted octanol–water partition coefficient (Wildman–Crippen LogP) is 37.6. The molecule has 5 fully saturated rings. The molecular weight excluding hydrogens is 1820 g/mol. The van der Waals surface area contributed by atoms with Crippen LogP contribution in [0.3, 0.4) is 0 Å². The van der Waals surface area contributed by atoms with Gasteiger partial charge in [-0.25, -0.2) is 0 Å². The number of phenolic OH excluding ortho intramolecular Hbond substituents is 3. The summed E-state index contributed by atoms with van der Waals surface area (Å²) >= 11 is 0. The normalized spacial score (nSPS) is 17.3. The molecule has 0 spiro atoms. The zero-order valence-corrected chi connectivity index (χ0v) is 89.3. The molecule has 0 saturated heterocycles. The first-order valence-electron chi connectivity index (χ1n) is 54.8. The SMILES string of the molecule is CCC(C)c1ccc(O)cc1.CCC(C)c1ccc(O)cc1.CCC(C)c1ccc(O)cc1.CCC(C)c1ccc(OC(OC23CC4CC(CC(C4)C2)C3)c2ccc3ccccc3c2)cc1.CCC(C)c1ccc(OC(OCCOc2c(-c3ccccc3)cccc2-c2ccccc2)c2ccc3ccccc3c2)cc1.CCC(C)c1ccc(OC(OCCOc2ccc(C3CCCCC3)cc2)c2ccc3ccccc3c2)cc1. The lowest BCUT2D eigenvalue weighted by Gasteiger charge is -2.56. The Morgan fingerprint density at radius 2 is 0.547 bits per heavy atom. The maximum absolute atomic E-state index is 9.01. The molecule has 0 aliphatic heterocycles. The molecule has 0 heterocycles. The van der Waals surface area contributed by atoms with Gasteiger partial charge in [0.2, 0.25) is 18.9 Å². The fourth-order valence-electron chi connectivity index (χ4n) is 21.1. The fourth-order valence-corrected chi connectivity index (χ4v) is 21.1. The number of aromatic hydroxyl groups is 3. The second-order valence-electron chi connectivity index (χ2n) is 41.5. The van der Waals surface area contributed by atoms with Crippen molar-refractivity contribution in [3.05, 3.63) is 432 Å². The lowest BCUT2D eigenvalue weighted by atomic mass is 9.54. The van der Waals surface area contributed by atoms with Crippen molar-refractivity contribution in [2.24, 2.45) is 17.8 Å². The minimum absolute atomic E-state index is 0.0122. The van der Waals surface area contributed by atoms with Crippen molar-refractivity contribution >= 4 is 32.3 Å². The molecule has 11 heteroatoms. The molecular formula is C137H156O11. The van der Waals surface area contributed by atoms with E-state index in [0.717, 1.165) is 129 Å². The summed E-state index contributed by atoms with van der Waals surface area (Å²) in [6.07, 6.45) is 19.9. The van der Waals surface area contributed by atoms with Gasteiger partial charge in [-0.2, -0.15) is 0 Å². The zero-order valence-electron chi connectivity index (χ0n) is 89.3. The standard InChI is InChI=1S/C41H38O3.C35H40O3.C31H36O2.3C10H14O/c1-3-30(2)31-23-25-37(26-24-31)44-41(36-22-21-32-13-10-11-18-35(32)29-36)43-28-27-42-40-38(33-14-6-4-7-15-33)19-12-20-39(40)34-16-8-5-9-17-34;1-3-26(2)27-15-21-34(22-16-27)38-35(32-14-13-29-11-7-8-12-31(29)25-32)37-24-23-36-33-19-17-30(18-20-33)28-9-5-4-6-10-28;1-3-21(2)25-10-12-29(13-11-25)32-30(28-9-8-26-6-4-5-7-27(26)17-28)33-31-18-22-14-23(19-31)16-24(15-22)20-31;3*1-3-8(2)9-4-6-10(11)7-5-9/h4-26,29-30,41H,3,27-28H2,1-2H3;7-8,11-22,25-26,28,35H,3-6,9-10,23-24H2,1-2H3;4-13,17,21-24,30H,3,14-16,18-20H2,1-2H3;3*4-8,11H,3H2,1-2H3. The lowest BCUT2D eigenvalue weighted by Crippen LogP contribution is -2.52. The van der Waals surface area contributed by atoms with E-state index in [1.165, 1.54) is 137 Å². The number of benzene rings is 16. The van der Waals surface area contributed by atoms with Crippen LogP contribution in [0.25, 0.3) is 54.6 Å². The Bertz CT molecular complexity index is 6430. The number of fused-ring (bicyclic) bond motifs is 3. The highest BCUT2D eigenvalue weighted by Crippen LogP contribution is 2.59. The van der Waals surface area contributed by atoms with E-state index in [9.17, 15) is 0 Å². The summed E-state index contributed by atoms with van der Waals surface area (Å²) in [6.45, 7) is 28.1. The Morgan fingerprint density at radius 1 is 0.264 bits per heavy atom. The van der Waals surface area contributed by atoms with Gasteiger partial charge in [0, 0.05) is 27.8 Å². The number of rotatable bonds is 36. The van der Waals surface area contributed by atoms with Crippen LogP contribution in [0, 0.1) is 17.8 Å². The van der Waals surface area contributed by atoms with E-state index in [4.69, 9.17) is 53.2 Å². The van der Waals surface area contributed by atoms with Crippen LogP contribution in [0.2, 0.25) is 0 Å². The van der Waals surface area contributed by atoms with Gasteiger partial charge < -0.3 is 53.2 Å². The third kappa shape index (κ3) is 30.9. The topological polar surface area (TPSA) is 135 Å². The lowest BCUT2D eigenvalue weighted by molar-refractivity contribution is -0.235. The number of phenols is 3. The van der Waals surface area contributed by atoms with Gasteiger partial charge in [-0.15, -0.1) is 0 Å². The van der Waals surface area contributed by atoms with Crippen LogP contribution >= 0.6 is 0 Å². The molecule has 11 nitrogen and oxygen atoms in total. The van der Waals surface area contributed by atoms with Crippen LogP contribution in [-0.4, -0.2) is 47.3 Å². The highest BCUT2D eigenvalue weighted by atomic mass is 16.7. The maximum Gasteiger partial charge on any atom is 0.227 e. The highest BCUT2D eigenvalue weighted by molar-refractivity contribution is 5.86. The summed E-state index contributed by atoms with van der Waals surface area (Å²) in [5.74, 6) is 11.9. The summed E-state index contributed by atoms with van der Waals surface area (Å²) in [5.41, 5.74) is 16.7. The Kier molecular flexibility index (Phi) is 40.4. The molecule has 3 N–H and O–H groups in total. The Labute approximate surface area is 882 Å². The molecule has 5 aliphatic rings. The van der Waals surface area contributed by atoms with Gasteiger partial charge in [0.1, 0.15) is 59.2 Å². The van der Waals surface area contributed by atoms with Gasteiger partial charge in [0.15, 0.2) is 0 Å². The largest absolute Gasteiger partial charge is 0.508 e. The second kappa shape index (κ2) is 55.0. The Balaban J connectivity index is 0.000000144. The Hall–Kier alpha value is -13.4. The fraction of sp³-hybridized carbons (Fsp3) is 0.343. The van der Waals surface area contributed by atoms with Gasteiger partial charge in [-0.1, -0.05) is 375 Å². The maximum atomic E-state index is 9.01. The third-order valence-corrected chi connectivity index (χ3v) is 31.0. The van der Waals surface area contributed by atoms with E-state index in [1.54, 1.807) is 36.4 Å². The van der Waals surface area contributed by atoms with Crippen molar-refractivity contribution < 1.29 is 53.2 Å². The van der Waals surface area contributed by atoms with Gasteiger partial charge in [-0.05, 0) is 335 Å². The minimum Gasteiger partial charge on any atom is -0.508 e. The second-order valence-corrected chi connectivity index (χ2v) is 41.5. The zero-order chi connectivity index (χ0) is 104. The molecule has 5 saturated carbocycles. The Morgan fingerprint density at radius 3 is 0.878 bits per heavy atom. The van der Waals surface area contributed by atoms with Crippen LogP contribution in [0.15, 0.2) is 376 Å². The number of para-hydroxylation sites is 1. The molecule has 4 bridgehead atoms. The number of ether oxygens (including phenoxy) is 8. The molecule has 5 aliphatic carbocycles. The van der Waals surface area contributed by atoms with Crippen molar-refractivity contribution in [1.82, 2.24) is 0 Å². The van der Waals surface area contributed by atoms with Gasteiger partial charge in [0.05, 0.1) is 18.8 Å². The average Bonchev–Trinajstić information content (AvgIpc) is 0.742. The molecule has 0 amide bonds.